The molecule has 0 heterocycles. The van der Waals surface area contributed by atoms with Crippen LogP contribution in [0.25, 0.3) is 0 Å². The number of sulfonamides is 1. The Morgan fingerprint density at radius 1 is 1.14 bits per heavy atom. The first-order valence-corrected chi connectivity index (χ1v) is 10.4. The van der Waals surface area contributed by atoms with Gasteiger partial charge in [-0.1, -0.05) is 31.5 Å². The van der Waals surface area contributed by atoms with Crippen LogP contribution >= 0.6 is 11.6 Å². The number of carbonyl (C=O) groups excluding carboxylic acids is 1. The Morgan fingerprint density at radius 2 is 1.82 bits per heavy atom. The summed E-state index contributed by atoms with van der Waals surface area (Å²) in [4.78, 5) is 12.3. The number of ether oxygens (including phenoxy) is 2. The number of methoxy groups -OCH3 is 1. The molecule has 0 spiro atoms. The maximum atomic E-state index is 13.1. The summed E-state index contributed by atoms with van der Waals surface area (Å²) in [6.07, 6.45) is 0. The lowest BCUT2D eigenvalue weighted by atomic mass is 10.2. The highest BCUT2D eigenvalue weighted by atomic mass is 35.5. The van der Waals surface area contributed by atoms with Gasteiger partial charge in [0.15, 0.2) is 0 Å². The maximum absolute atomic E-state index is 13.1. The Bertz CT molecular complexity index is 961. The number of rotatable bonds is 8. The average molecular weight is 430 g/mol. The number of hydrogen-bond donors (Lipinski definition) is 0. The summed E-state index contributed by atoms with van der Waals surface area (Å²) in [5.41, 5.74) is 0.477. The molecule has 0 saturated heterocycles. The van der Waals surface area contributed by atoms with Gasteiger partial charge in [0.1, 0.15) is 23.1 Å². The molecule has 0 aromatic heterocycles. The van der Waals surface area contributed by atoms with E-state index in [1.807, 2.05) is 0 Å². The van der Waals surface area contributed by atoms with Crippen LogP contribution in [0.2, 0.25) is 5.02 Å². The average Bonchev–Trinajstić information content (AvgIpc) is 2.67. The van der Waals surface area contributed by atoms with Crippen LogP contribution in [0.4, 0.5) is 4.39 Å². The normalized spacial score (nSPS) is 11.5. The molecule has 0 N–H and O–H groups in total. The van der Waals surface area contributed by atoms with E-state index in [9.17, 15) is 17.6 Å². The quantitative estimate of drug-likeness (QED) is 0.595. The third-order valence-corrected chi connectivity index (χ3v) is 6.52. The van der Waals surface area contributed by atoms with Gasteiger partial charge in [-0.05, 0) is 30.3 Å². The van der Waals surface area contributed by atoms with Gasteiger partial charge in [-0.25, -0.2) is 17.6 Å². The Hall–Kier alpha value is -2.16. The molecule has 0 aliphatic heterocycles. The molecule has 0 aliphatic rings. The van der Waals surface area contributed by atoms with Crippen LogP contribution in [0.1, 0.15) is 29.8 Å². The molecule has 0 saturated carbocycles. The highest BCUT2D eigenvalue weighted by Crippen LogP contribution is 2.28. The summed E-state index contributed by atoms with van der Waals surface area (Å²) in [7, 11) is -2.49. The second-order valence-corrected chi connectivity index (χ2v) is 8.08. The van der Waals surface area contributed by atoms with Gasteiger partial charge in [0.05, 0.1) is 17.7 Å². The van der Waals surface area contributed by atoms with E-state index in [0.717, 1.165) is 6.07 Å². The van der Waals surface area contributed by atoms with E-state index < -0.39 is 21.8 Å². The first-order chi connectivity index (χ1) is 13.2. The molecule has 152 valence electrons. The third-order valence-electron chi connectivity index (χ3n) is 4.10. The molecular formula is C19H21ClFNO5S. The van der Waals surface area contributed by atoms with Gasteiger partial charge >= 0.3 is 5.97 Å². The van der Waals surface area contributed by atoms with Gasteiger partial charge in [-0.2, -0.15) is 4.31 Å². The zero-order chi connectivity index (χ0) is 20.9. The van der Waals surface area contributed by atoms with Crippen molar-refractivity contribution in [1.29, 1.82) is 0 Å². The van der Waals surface area contributed by atoms with E-state index in [4.69, 9.17) is 21.1 Å². The van der Waals surface area contributed by atoms with E-state index in [1.165, 1.54) is 41.7 Å². The Balaban J connectivity index is 2.30. The van der Waals surface area contributed by atoms with Crippen LogP contribution < -0.4 is 4.74 Å². The van der Waals surface area contributed by atoms with Crippen molar-refractivity contribution in [3.63, 3.8) is 0 Å². The Labute approximate surface area is 168 Å². The smallest absolute Gasteiger partial charge is 0.338 e. The largest absolute Gasteiger partial charge is 0.495 e. The summed E-state index contributed by atoms with van der Waals surface area (Å²) in [5, 5.41) is 0.132. The van der Waals surface area contributed by atoms with Crippen molar-refractivity contribution in [2.24, 2.45) is 0 Å². The first kappa shape index (κ1) is 22.1. The number of halogens is 2. The van der Waals surface area contributed by atoms with Crippen molar-refractivity contribution in [3.8, 4) is 5.75 Å². The van der Waals surface area contributed by atoms with Gasteiger partial charge in [-0.3, -0.25) is 0 Å². The van der Waals surface area contributed by atoms with Crippen LogP contribution in [0.3, 0.4) is 0 Å². The second kappa shape index (κ2) is 9.36. The van der Waals surface area contributed by atoms with Crippen LogP contribution in [0.5, 0.6) is 5.75 Å². The molecule has 2 aromatic rings. The van der Waals surface area contributed by atoms with Crippen molar-refractivity contribution in [2.45, 2.75) is 25.3 Å². The lowest BCUT2D eigenvalue weighted by molar-refractivity contribution is 0.0472. The topological polar surface area (TPSA) is 72.9 Å². The predicted octanol–water partition coefficient (Wildman–Crippen LogP) is 3.88. The predicted molar refractivity (Wildman–Crippen MR) is 104 cm³/mol. The molecule has 2 rings (SSSR count). The Kier molecular flexibility index (Phi) is 7.40. The van der Waals surface area contributed by atoms with Crippen LogP contribution in [-0.2, 0) is 21.4 Å². The van der Waals surface area contributed by atoms with Gasteiger partial charge in [0.25, 0.3) is 0 Å². The summed E-state index contributed by atoms with van der Waals surface area (Å²) in [5.74, 6) is -1.11. The zero-order valence-electron chi connectivity index (χ0n) is 15.7. The highest BCUT2D eigenvalue weighted by molar-refractivity contribution is 7.89. The van der Waals surface area contributed by atoms with Crippen LogP contribution in [-0.4, -0.2) is 38.9 Å². The van der Waals surface area contributed by atoms with E-state index >= 15 is 0 Å². The van der Waals surface area contributed by atoms with E-state index in [0.29, 0.717) is 5.56 Å². The molecule has 28 heavy (non-hydrogen) atoms. The molecule has 2 aromatic carbocycles. The van der Waals surface area contributed by atoms with Crippen LogP contribution in [0.15, 0.2) is 41.3 Å². The summed E-state index contributed by atoms with van der Waals surface area (Å²) >= 11 is 5.92. The summed E-state index contributed by atoms with van der Waals surface area (Å²) < 4.78 is 50.4. The van der Waals surface area contributed by atoms with E-state index in [2.05, 4.69) is 0 Å². The minimum atomic E-state index is -3.84. The molecule has 0 bridgehead atoms. The molecule has 9 heteroatoms. The molecule has 0 atom stereocenters. The number of carbonyl (C=O) groups is 1. The van der Waals surface area contributed by atoms with Crippen molar-refractivity contribution in [3.05, 3.63) is 58.4 Å². The van der Waals surface area contributed by atoms with Crippen molar-refractivity contribution in [2.75, 3.05) is 20.2 Å². The fourth-order valence-electron chi connectivity index (χ4n) is 2.57. The minimum absolute atomic E-state index is 0.0461. The number of esters is 1. The molecular weight excluding hydrogens is 409 g/mol. The standard InChI is InChI=1S/C19H21ClFNO5S/c1-4-22(5-2)28(24,25)18-10-13(7-9-17(18)26-3)19(23)27-12-14-6-8-15(21)11-16(14)20/h6-11H,4-5,12H2,1-3H3. The number of nitrogens with zero attached hydrogens (tertiary/aromatic N) is 1. The van der Waals surface area contributed by atoms with Crippen molar-refractivity contribution >= 4 is 27.6 Å². The Morgan fingerprint density at radius 3 is 2.39 bits per heavy atom. The molecule has 0 unspecified atom stereocenters. The van der Waals surface area contributed by atoms with Gasteiger partial charge < -0.3 is 9.47 Å². The minimum Gasteiger partial charge on any atom is -0.495 e. The molecule has 0 aliphatic carbocycles. The lowest BCUT2D eigenvalue weighted by Crippen LogP contribution is -2.31. The SMILES string of the molecule is CCN(CC)S(=O)(=O)c1cc(C(=O)OCc2ccc(F)cc2Cl)ccc1OC. The first-order valence-electron chi connectivity index (χ1n) is 8.53. The third kappa shape index (κ3) is 4.81. The van der Waals surface area contributed by atoms with Crippen molar-refractivity contribution in [1.82, 2.24) is 4.31 Å². The maximum Gasteiger partial charge on any atom is 0.338 e. The molecule has 0 fully saturated rings. The van der Waals surface area contributed by atoms with Gasteiger partial charge in [0, 0.05) is 18.7 Å². The lowest BCUT2D eigenvalue weighted by Gasteiger charge is -2.20. The summed E-state index contributed by atoms with van der Waals surface area (Å²) in [6.45, 7) is 3.82. The second-order valence-electron chi connectivity index (χ2n) is 5.77. The van der Waals surface area contributed by atoms with Gasteiger partial charge in [-0.15, -0.1) is 0 Å². The van der Waals surface area contributed by atoms with Gasteiger partial charge in [0.2, 0.25) is 10.0 Å². The monoisotopic (exact) mass is 429 g/mol. The molecule has 0 amide bonds. The fraction of sp³-hybridized carbons (Fsp3) is 0.316. The number of hydrogen-bond acceptors (Lipinski definition) is 5. The number of benzene rings is 2. The van der Waals surface area contributed by atoms with Crippen molar-refractivity contribution < 1.29 is 27.1 Å². The van der Waals surface area contributed by atoms with Crippen LogP contribution in [0, 0.1) is 5.82 Å². The highest BCUT2D eigenvalue weighted by Gasteiger charge is 2.27. The summed E-state index contributed by atoms with van der Waals surface area (Å²) in [6, 6.07) is 7.77. The fourth-order valence-corrected chi connectivity index (χ4v) is 4.43. The van der Waals surface area contributed by atoms with E-state index in [-0.39, 0.29) is 40.9 Å². The van der Waals surface area contributed by atoms with E-state index in [1.54, 1.807) is 13.8 Å². The molecule has 0 radical (unpaired) electrons. The zero-order valence-corrected chi connectivity index (χ0v) is 17.3. The molecule has 6 nitrogen and oxygen atoms in total.